The molecular formula is C15H24N2O2. The van der Waals surface area contributed by atoms with Crippen molar-refractivity contribution in [2.24, 2.45) is 0 Å². The number of nitrogens with one attached hydrogen (secondary N) is 1. The van der Waals surface area contributed by atoms with Crippen LogP contribution in [0.5, 0.6) is 0 Å². The molecule has 0 radical (unpaired) electrons. The number of aryl methyl sites for hydroxylation is 1. The van der Waals surface area contributed by atoms with Crippen molar-refractivity contribution in [1.29, 1.82) is 0 Å². The van der Waals surface area contributed by atoms with Gasteiger partial charge in [-0.15, -0.1) is 0 Å². The molecule has 4 heteroatoms. The summed E-state index contributed by atoms with van der Waals surface area (Å²) in [7, 11) is 0. The van der Waals surface area contributed by atoms with Crippen molar-refractivity contribution in [2.45, 2.75) is 33.2 Å². The Hall–Kier alpha value is -1.55. The van der Waals surface area contributed by atoms with Crippen molar-refractivity contribution in [2.75, 3.05) is 19.7 Å². The predicted octanol–water partition coefficient (Wildman–Crippen LogP) is 2.16. The SMILES string of the molecule is CCCN(CCO)C(=O)NCc1ccccc1CC. The van der Waals surface area contributed by atoms with Crippen LogP contribution in [0, 0.1) is 0 Å². The Morgan fingerprint density at radius 1 is 1.21 bits per heavy atom. The fraction of sp³-hybridized carbons (Fsp3) is 0.533. The Morgan fingerprint density at radius 3 is 2.47 bits per heavy atom. The van der Waals surface area contributed by atoms with E-state index in [-0.39, 0.29) is 12.6 Å². The molecule has 0 atom stereocenters. The molecular weight excluding hydrogens is 240 g/mol. The minimum atomic E-state index is -0.109. The zero-order valence-corrected chi connectivity index (χ0v) is 11.9. The molecule has 0 saturated carbocycles. The van der Waals surface area contributed by atoms with Crippen LogP contribution in [0.15, 0.2) is 24.3 Å². The molecule has 4 nitrogen and oxygen atoms in total. The second-order valence-corrected chi connectivity index (χ2v) is 4.49. The molecule has 0 aliphatic carbocycles. The third-order valence-electron chi connectivity index (χ3n) is 3.08. The number of nitrogens with zero attached hydrogens (tertiary/aromatic N) is 1. The molecule has 1 rings (SSSR count). The molecule has 0 spiro atoms. The van der Waals surface area contributed by atoms with Crippen molar-refractivity contribution >= 4 is 6.03 Å². The molecule has 0 aliphatic rings. The zero-order valence-electron chi connectivity index (χ0n) is 11.9. The standard InChI is InChI=1S/C15H24N2O2/c1-3-9-17(10-11-18)15(19)16-12-14-8-6-5-7-13(14)4-2/h5-8,18H,3-4,9-12H2,1-2H3,(H,16,19). The summed E-state index contributed by atoms with van der Waals surface area (Å²) in [6.07, 6.45) is 1.85. The van der Waals surface area contributed by atoms with E-state index in [2.05, 4.69) is 18.3 Å². The van der Waals surface area contributed by atoms with Gasteiger partial charge in [-0.05, 0) is 24.0 Å². The number of aliphatic hydroxyl groups is 1. The highest BCUT2D eigenvalue weighted by Crippen LogP contribution is 2.09. The Kier molecular flexibility index (Phi) is 6.97. The molecule has 0 bridgehead atoms. The molecule has 106 valence electrons. The lowest BCUT2D eigenvalue weighted by atomic mass is 10.1. The minimum absolute atomic E-state index is 0.00102. The lowest BCUT2D eigenvalue weighted by Gasteiger charge is -2.21. The third-order valence-corrected chi connectivity index (χ3v) is 3.08. The number of amides is 2. The van der Waals surface area contributed by atoms with E-state index >= 15 is 0 Å². The van der Waals surface area contributed by atoms with E-state index in [1.807, 2.05) is 25.1 Å². The molecule has 1 aromatic rings. The molecule has 1 aromatic carbocycles. The van der Waals surface area contributed by atoms with E-state index in [9.17, 15) is 4.79 Å². The Balaban J connectivity index is 2.56. The summed E-state index contributed by atoms with van der Waals surface area (Å²) in [5, 5.41) is 11.9. The van der Waals surface area contributed by atoms with Crippen LogP contribution < -0.4 is 5.32 Å². The lowest BCUT2D eigenvalue weighted by molar-refractivity contribution is 0.177. The van der Waals surface area contributed by atoms with Gasteiger partial charge in [0.05, 0.1) is 6.61 Å². The summed E-state index contributed by atoms with van der Waals surface area (Å²) in [6, 6.07) is 8.01. The molecule has 2 amide bonds. The first kappa shape index (κ1) is 15.5. The zero-order chi connectivity index (χ0) is 14.1. The number of aliphatic hydroxyl groups excluding tert-OH is 1. The van der Waals surface area contributed by atoms with Gasteiger partial charge in [-0.2, -0.15) is 0 Å². The quantitative estimate of drug-likeness (QED) is 0.793. The topological polar surface area (TPSA) is 52.6 Å². The fourth-order valence-electron chi connectivity index (χ4n) is 2.06. The van der Waals surface area contributed by atoms with Gasteiger partial charge < -0.3 is 15.3 Å². The number of rotatable bonds is 7. The van der Waals surface area contributed by atoms with Crippen LogP contribution in [0.2, 0.25) is 0 Å². The molecule has 0 unspecified atom stereocenters. The largest absolute Gasteiger partial charge is 0.395 e. The second kappa shape index (κ2) is 8.53. The van der Waals surface area contributed by atoms with Crippen LogP contribution >= 0.6 is 0 Å². The van der Waals surface area contributed by atoms with Crippen molar-refractivity contribution < 1.29 is 9.90 Å². The smallest absolute Gasteiger partial charge is 0.317 e. The summed E-state index contributed by atoms with van der Waals surface area (Å²) in [5.41, 5.74) is 2.41. The van der Waals surface area contributed by atoms with Crippen molar-refractivity contribution in [1.82, 2.24) is 10.2 Å². The van der Waals surface area contributed by atoms with E-state index in [0.29, 0.717) is 19.6 Å². The predicted molar refractivity (Wildman–Crippen MR) is 77.0 cm³/mol. The van der Waals surface area contributed by atoms with Crippen LogP contribution in [-0.2, 0) is 13.0 Å². The third kappa shape index (κ3) is 4.91. The van der Waals surface area contributed by atoms with Crippen LogP contribution in [0.3, 0.4) is 0 Å². The van der Waals surface area contributed by atoms with E-state index in [1.54, 1.807) is 4.90 Å². The molecule has 0 heterocycles. The molecule has 0 saturated heterocycles. The lowest BCUT2D eigenvalue weighted by Crippen LogP contribution is -2.41. The number of hydrogen-bond donors (Lipinski definition) is 2. The number of hydrogen-bond acceptors (Lipinski definition) is 2. The Labute approximate surface area is 115 Å². The molecule has 0 aromatic heterocycles. The highest BCUT2D eigenvalue weighted by atomic mass is 16.3. The van der Waals surface area contributed by atoms with E-state index in [1.165, 1.54) is 5.56 Å². The normalized spacial score (nSPS) is 10.3. The maximum Gasteiger partial charge on any atom is 0.317 e. The monoisotopic (exact) mass is 264 g/mol. The average Bonchev–Trinajstić information content (AvgIpc) is 2.44. The van der Waals surface area contributed by atoms with E-state index < -0.39 is 0 Å². The first-order chi connectivity index (χ1) is 9.22. The van der Waals surface area contributed by atoms with Gasteiger partial charge >= 0.3 is 6.03 Å². The van der Waals surface area contributed by atoms with Crippen molar-refractivity contribution in [3.05, 3.63) is 35.4 Å². The average molecular weight is 264 g/mol. The maximum absolute atomic E-state index is 12.0. The fourth-order valence-corrected chi connectivity index (χ4v) is 2.06. The van der Waals surface area contributed by atoms with Crippen molar-refractivity contribution in [3.8, 4) is 0 Å². The van der Waals surface area contributed by atoms with Crippen LogP contribution in [-0.4, -0.2) is 35.7 Å². The van der Waals surface area contributed by atoms with Crippen LogP contribution in [0.4, 0.5) is 4.79 Å². The van der Waals surface area contributed by atoms with Gasteiger partial charge in [-0.3, -0.25) is 0 Å². The molecule has 0 aliphatic heterocycles. The van der Waals surface area contributed by atoms with Crippen LogP contribution in [0.25, 0.3) is 0 Å². The Bertz CT molecular complexity index is 387. The van der Waals surface area contributed by atoms with Gasteiger partial charge in [0.25, 0.3) is 0 Å². The van der Waals surface area contributed by atoms with Gasteiger partial charge in [0.2, 0.25) is 0 Å². The Morgan fingerprint density at radius 2 is 1.89 bits per heavy atom. The number of benzene rings is 1. The first-order valence-electron chi connectivity index (χ1n) is 6.93. The summed E-state index contributed by atoms with van der Waals surface area (Å²) < 4.78 is 0. The molecule has 2 N–H and O–H groups in total. The maximum atomic E-state index is 12.0. The minimum Gasteiger partial charge on any atom is -0.395 e. The van der Waals surface area contributed by atoms with Gasteiger partial charge in [-0.25, -0.2) is 4.79 Å². The summed E-state index contributed by atoms with van der Waals surface area (Å²) in [6.45, 7) is 5.71. The molecule has 0 fully saturated rings. The van der Waals surface area contributed by atoms with E-state index in [4.69, 9.17) is 5.11 Å². The number of urea groups is 1. The molecule has 19 heavy (non-hydrogen) atoms. The number of carbonyl (C=O) groups is 1. The highest BCUT2D eigenvalue weighted by molar-refractivity contribution is 5.74. The van der Waals surface area contributed by atoms with Crippen molar-refractivity contribution in [3.63, 3.8) is 0 Å². The number of carbonyl (C=O) groups excluding carboxylic acids is 1. The summed E-state index contributed by atoms with van der Waals surface area (Å²) >= 11 is 0. The van der Waals surface area contributed by atoms with Crippen LogP contribution in [0.1, 0.15) is 31.4 Å². The highest BCUT2D eigenvalue weighted by Gasteiger charge is 2.11. The second-order valence-electron chi connectivity index (χ2n) is 4.49. The first-order valence-corrected chi connectivity index (χ1v) is 6.93. The summed E-state index contributed by atoms with van der Waals surface area (Å²) in [5.74, 6) is 0. The summed E-state index contributed by atoms with van der Waals surface area (Å²) in [4.78, 5) is 13.6. The van der Waals surface area contributed by atoms with Gasteiger partial charge in [0.15, 0.2) is 0 Å². The van der Waals surface area contributed by atoms with E-state index in [0.717, 1.165) is 18.4 Å². The van der Waals surface area contributed by atoms with Gasteiger partial charge in [0, 0.05) is 19.6 Å². The van der Waals surface area contributed by atoms with Gasteiger partial charge in [0.1, 0.15) is 0 Å². The van der Waals surface area contributed by atoms with Gasteiger partial charge in [-0.1, -0.05) is 38.1 Å².